The first-order chi connectivity index (χ1) is 13.0. The molecular weight excluding hydrogens is 338 g/mol. The van der Waals surface area contributed by atoms with Gasteiger partial charge >= 0.3 is 0 Å². The van der Waals surface area contributed by atoms with Gasteiger partial charge in [-0.15, -0.1) is 0 Å². The fourth-order valence-corrected chi connectivity index (χ4v) is 4.49. The molecule has 2 atom stereocenters. The normalized spacial score (nSPS) is 26.1. The third kappa shape index (κ3) is 5.04. The monoisotopic (exact) mass is 373 g/mol. The number of carbonyl (C=O) groups excluding carboxylic acids is 1. The van der Waals surface area contributed by atoms with Gasteiger partial charge in [-0.25, -0.2) is 0 Å². The van der Waals surface area contributed by atoms with E-state index in [-0.39, 0.29) is 5.91 Å². The Morgan fingerprint density at radius 3 is 2.67 bits per heavy atom. The third-order valence-corrected chi connectivity index (χ3v) is 5.98. The summed E-state index contributed by atoms with van der Waals surface area (Å²) in [6.07, 6.45) is 9.93. The van der Waals surface area contributed by atoms with Crippen LogP contribution in [0.4, 0.5) is 5.69 Å². The van der Waals surface area contributed by atoms with E-state index in [0.29, 0.717) is 18.6 Å². The molecular formula is C23H35NO3. The molecule has 2 saturated carbocycles. The fourth-order valence-electron chi connectivity index (χ4n) is 4.49. The number of anilines is 1. The number of benzene rings is 1. The molecule has 4 heteroatoms. The molecule has 1 aromatic carbocycles. The minimum Gasteiger partial charge on any atom is -0.490 e. The molecule has 150 valence electrons. The molecule has 0 aromatic heterocycles. The zero-order chi connectivity index (χ0) is 19.3. The Balaban J connectivity index is 1.68. The topological polar surface area (TPSA) is 47.6 Å². The lowest BCUT2D eigenvalue weighted by Crippen LogP contribution is -2.48. The number of rotatable bonds is 7. The average molecular weight is 374 g/mol. The van der Waals surface area contributed by atoms with Crippen LogP contribution < -0.4 is 10.1 Å². The molecule has 1 amide bonds. The smallest absolute Gasteiger partial charge is 0.256 e. The number of hydrogen-bond acceptors (Lipinski definition) is 3. The lowest BCUT2D eigenvalue weighted by Gasteiger charge is -2.38. The Bertz CT molecular complexity index is 639. The quantitative estimate of drug-likeness (QED) is 0.674. The van der Waals surface area contributed by atoms with Crippen LogP contribution in [0.2, 0.25) is 0 Å². The van der Waals surface area contributed by atoms with Crippen LogP contribution >= 0.6 is 0 Å². The molecule has 0 heterocycles. The Morgan fingerprint density at radius 2 is 2.00 bits per heavy atom. The number of aryl methyl sites for hydroxylation is 1. The predicted molar refractivity (Wildman–Crippen MR) is 109 cm³/mol. The van der Waals surface area contributed by atoms with Crippen LogP contribution in [0.5, 0.6) is 5.75 Å². The number of amides is 1. The summed E-state index contributed by atoms with van der Waals surface area (Å²) in [5.41, 5.74) is 1.22. The first-order valence-corrected chi connectivity index (χ1v) is 10.7. The molecule has 0 saturated heterocycles. The highest BCUT2D eigenvalue weighted by molar-refractivity contribution is 5.97. The maximum Gasteiger partial charge on any atom is 0.256 e. The maximum absolute atomic E-state index is 13.1. The van der Waals surface area contributed by atoms with Gasteiger partial charge in [-0.2, -0.15) is 0 Å². The van der Waals surface area contributed by atoms with E-state index in [0.717, 1.165) is 55.5 Å². The highest BCUT2D eigenvalue weighted by Crippen LogP contribution is 2.37. The minimum atomic E-state index is -0.680. The van der Waals surface area contributed by atoms with Crippen LogP contribution in [0, 0.1) is 12.8 Å². The van der Waals surface area contributed by atoms with Crippen LogP contribution in [-0.4, -0.2) is 24.2 Å². The molecule has 0 aliphatic heterocycles. The van der Waals surface area contributed by atoms with Crippen molar-refractivity contribution in [1.29, 1.82) is 0 Å². The minimum absolute atomic E-state index is 0.00589. The van der Waals surface area contributed by atoms with Crippen molar-refractivity contribution in [2.75, 3.05) is 11.9 Å². The second kappa shape index (κ2) is 9.09. The second-order valence-electron chi connectivity index (χ2n) is 8.50. The largest absolute Gasteiger partial charge is 0.490 e. The average Bonchev–Trinajstić information content (AvgIpc) is 3.15. The van der Waals surface area contributed by atoms with Crippen molar-refractivity contribution in [3.05, 3.63) is 23.8 Å². The lowest BCUT2D eigenvalue weighted by atomic mass is 9.78. The highest BCUT2D eigenvalue weighted by atomic mass is 16.5. The molecule has 0 bridgehead atoms. The molecule has 0 spiro atoms. The molecule has 1 aromatic rings. The van der Waals surface area contributed by atoms with E-state index < -0.39 is 5.60 Å². The summed E-state index contributed by atoms with van der Waals surface area (Å²) in [5.74, 6) is 1.46. The van der Waals surface area contributed by atoms with Crippen LogP contribution in [0.3, 0.4) is 0 Å². The van der Waals surface area contributed by atoms with Crippen molar-refractivity contribution in [3.63, 3.8) is 0 Å². The molecule has 2 aliphatic carbocycles. The molecule has 3 rings (SSSR count). The van der Waals surface area contributed by atoms with E-state index in [1.54, 1.807) is 0 Å². The van der Waals surface area contributed by atoms with Crippen LogP contribution in [0.1, 0.15) is 77.2 Å². The van der Waals surface area contributed by atoms with Crippen molar-refractivity contribution in [1.82, 2.24) is 0 Å². The molecule has 2 fully saturated rings. The zero-order valence-electron chi connectivity index (χ0n) is 17.2. The Kier molecular flexibility index (Phi) is 6.80. The van der Waals surface area contributed by atoms with Gasteiger partial charge in [0, 0.05) is 12.3 Å². The summed E-state index contributed by atoms with van der Waals surface area (Å²) in [6.45, 7) is 6.99. The second-order valence-corrected chi connectivity index (χ2v) is 8.50. The van der Waals surface area contributed by atoms with E-state index in [4.69, 9.17) is 9.47 Å². The maximum atomic E-state index is 13.1. The van der Waals surface area contributed by atoms with Gasteiger partial charge in [0.25, 0.3) is 5.91 Å². The summed E-state index contributed by atoms with van der Waals surface area (Å²) < 4.78 is 12.3. The Hall–Kier alpha value is -1.55. The van der Waals surface area contributed by atoms with E-state index in [2.05, 4.69) is 19.2 Å². The van der Waals surface area contributed by atoms with Crippen molar-refractivity contribution >= 4 is 11.6 Å². The zero-order valence-corrected chi connectivity index (χ0v) is 17.2. The SMILES string of the molecule is CCCO[C@]1(C(=O)Nc2ccc(OC3CCCC3)c(C)c2)CCC[C@@H](C)C1. The van der Waals surface area contributed by atoms with Crippen LogP contribution in [0.25, 0.3) is 0 Å². The predicted octanol–water partition coefficient (Wildman–Crippen LogP) is 5.63. The molecule has 2 aliphatic rings. The summed E-state index contributed by atoms with van der Waals surface area (Å²) in [7, 11) is 0. The summed E-state index contributed by atoms with van der Waals surface area (Å²) >= 11 is 0. The van der Waals surface area contributed by atoms with Crippen LogP contribution in [0.15, 0.2) is 18.2 Å². The van der Waals surface area contributed by atoms with Crippen molar-refractivity contribution < 1.29 is 14.3 Å². The highest BCUT2D eigenvalue weighted by Gasteiger charge is 2.42. The number of carbonyl (C=O) groups is 1. The Labute approximate surface area is 164 Å². The third-order valence-electron chi connectivity index (χ3n) is 5.98. The molecule has 0 radical (unpaired) electrons. The van der Waals surface area contributed by atoms with Gasteiger partial charge < -0.3 is 14.8 Å². The Morgan fingerprint density at radius 1 is 1.22 bits per heavy atom. The fraction of sp³-hybridized carbons (Fsp3) is 0.696. The first kappa shape index (κ1) is 20.2. The first-order valence-electron chi connectivity index (χ1n) is 10.7. The van der Waals surface area contributed by atoms with Gasteiger partial charge in [0.15, 0.2) is 0 Å². The molecule has 1 N–H and O–H groups in total. The summed E-state index contributed by atoms with van der Waals surface area (Å²) in [4.78, 5) is 13.1. The molecule has 27 heavy (non-hydrogen) atoms. The van der Waals surface area contributed by atoms with Crippen molar-refractivity contribution in [2.45, 2.75) is 90.3 Å². The van der Waals surface area contributed by atoms with Gasteiger partial charge in [-0.05, 0) is 88.0 Å². The van der Waals surface area contributed by atoms with Crippen molar-refractivity contribution in [3.8, 4) is 5.75 Å². The van der Waals surface area contributed by atoms with E-state index >= 15 is 0 Å². The van der Waals surface area contributed by atoms with Gasteiger partial charge in [0.2, 0.25) is 0 Å². The van der Waals surface area contributed by atoms with Gasteiger partial charge in [-0.3, -0.25) is 4.79 Å². The van der Waals surface area contributed by atoms with Gasteiger partial charge in [0.05, 0.1) is 6.10 Å². The van der Waals surface area contributed by atoms with E-state index in [1.165, 1.54) is 19.3 Å². The van der Waals surface area contributed by atoms with E-state index in [1.807, 2.05) is 25.1 Å². The summed E-state index contributed by atoms with van der Waals surface area (Å²) in [6, 6.07) is 5.96. The standard InChI is InChI=1S/C23H35NO3/c1-4-14-26-23(13-7-8-17(2)16-23)22(25)24-19-11-12-21(18(3)15-19)27-20-9-5-6-10-20/h11-12,15,17,20H,4-10,13-14,16H2,1-3H3,(H,24,25)/t17-,23-/m1/s1. The summed E-state index contributed by atoms with van der Waals surface area (Å²) in [5, 5.41) is 3.12. The molecule has 0 unspecified atom stereocenters. The number of ether oxygens (including phenoxy) is 2. The molecule has 4 nitrogen and oxygen atoms in total. The lowest BCUT2D eigenvalue weighted by molar-refractivity contribution is -0.148. The number of hydrogen-bond donors (Lipinski definition) is 1. The van der Waals surface area contributed by atoms with Crippen molar-refractivity contribution in [2.24, 2.45) is 5.92 Å². The van der Waals surface area contributed by atoms with Gasteiger partial charge in [-0.1, -0.05) is 20.3 Å². The van der Waals surface area contributed by atoms with Crippen LogP contribution in [-0.2, 0) is 9.53 Å². The van der Waals surface area contributed by atoms with E-state index in [9.17, 15) is 4.79 Å². The van der Waals surface area contributed by atoms with Gasteiger partial charge in [0.1, 0.15) is 11.4 Å². The number of nitrogens with one attached hydrogen (secondary N) is 1.